The number of guanidine groups is 1. The summed E-state index contributed by atoms with van der Waals surface area (Å²) in [6, 6.07) is 7.99. The molecule has 1 aromatic rings. The number of aliphatic imine (C=N–C) groups is 1. The maximum atomic E-state index is 11.2. The minimum absolute atomic E-state index is 0. The molecule has 0 bridgehead atoms. The van der Waals surface area contributed by atoms with Crippen LogP contribution in [0.2, 0.25) is 0 Å². The van der Waals surface area contributed by atoms with Crippen LogP contribution in [0.5, 0.6) is 0 Å². The molecule has 1 atom stereocenters. The summed E-state index contributed by atoms with van der Waals surface area (Å²) in [5, 5.41) is 9.37. The summed E-state index contributed by atoms with van der Waals surface area (Å²) in [4.78, 5) is 15.4. The standard InChI is InChI=1S/C19H32N4O2.HI/c1-14(2)7-6-8-15(3)22-18(20-4)21-13-16-9-11-17(12-10-16)23-19(24)25-5;/h9-12,14-15H,6-8,13H2,1-5H3,(H,23,24)(H2,20,21,22);1H. The zero-order valence-electron chi connectivity index (χ0n) is 16.5. The van der Waals surface area contributed by atoms with Gasteiger partial charge in [-0.25, -0.2) is 4.79 Å². The lowest BCUT2D eigenvalue weighted by molar-refractivity contribution is 0.187. The molecule has 0 radical (unpaired) electrons. The molecule has 148 valence electrons. The molecule has 3 N–H and O–H groups in total. The van der Waals surface area contributed by atoms with Crippen LogP contribution in [0.25, 0.3) is 0 Å². The van der Waals surface area contributed by atoms with Crippen molar-refractivity contribution < 1.29 is 9.53 Å². The third kappa shape index (κ3) is 10.5. The first-order chi connectivity index (χ1) is 11.9. The van der Waals surface area contributed by atoms with E-state index in [1.165, 1.54) is 20.0 Å². The Balaban J connectivity index is 0.00000625. The summed E-state index contributed by atoms with van der Waals surface area (Å²) in [5.74, 6) is 1.55. The summed E-state index contributed by atoms with van der Waals surface area (Å²) in [6.07, 6.45) is 3.13. The number of ether oxygens (including phenoxy) is 1. The first-order valence-corrected chi connectivity index (χ1v) is 8.85. The number of hydrogen-bond donors (Lipinski definition) is 3. The Bertz CT molecular complexity index is 547. The Morgan fingerprint density at radius 2 is 1.81 bits per heavy atom. The minimum Gasteiger partial charge on any atom is -0.453 e. The molecule has 26 heavy (non-hydrogen) atoms. The molecule has 1 rings (SSSR count). The fourth-order valence-electron chi connectivity index (χ4n) is 2.39. The van der Waals surface area contributed by atoms with E-state index >= 15 is 0 Å². The molecule has 1 amide bonds. The average molecular weight is 476 g/mol. The molecule has 0 fully saturated rings. The predicted octanol–water partition coefficient (Wildman–Crippen LogP) is 4.36. The average Bonchev–Trinajstić information content (AvgIpc) is 2.59. The summed E-state index contributed by atoms with van der Waals surface area (Å²) in [5.41, 5.74) is 1.81. The lowest BCUT2D eigenvalue weighted by atomic mass is 10.0. The highest BCUT2D eigenvalue weighted by Crippen LogP contribution is 2.10. The van der Waals surface area contributed by atoms with E-state index in [9.17, 15) is 4.79 Å². The molecule has 6 nitrogen and oxygen atoms in total. The Morgan fingerprint density at radius 1 is 1.15 bits per heavy atom. The first kappa shape index (κ1) is 24.5. The second-order valence-corrected chi connectivity index (χ2v) is 6.61. The maximum Gasteiger partial charge on any atom is 0.411 e. The number of anilines is 1. The topological polar surface area (TPSA) is 74.8 Å². The smallest absolute Gasteiger partial charge is 0.411 e. The van der Waals surface area contributed by atoms with Gasteiger partial charge in [-0.2, -0.15) is 0 Å². The van der Waals surface area contributed by atoms with Crippen LogP contribution < -0.4 is 16.0 Å². The van der Waals surface area contributed by atoms with E-state index in [-0.39, 0.29) is 24.0 Å². The number of hydrogen-bond acceptors (Lipinski definition) is 3. The van der Waals surface area contributed by atoms with Crippen LogP contribution in [0.3, 0.4) is 0 Å². The third-order valence-electron chi connectivity index (χ3n) is 3.87. The van der Waals surface area contributed by atoms with Crippen molar-refractivity contribution in [2.45, 2.75) is 52.6 Å². The lowest BCUT2D eigenvalue weighted by Crippen LogP contribution is -2.41. The molecular weight excluding hydrogens is 443 g/mol. The van der Waals surface area contributed by atoms with Crippen LogP contribution in [0.1, 0.15) is 45.6 Å². The van der Waals surface area contributed by atoms with Gasteiger partial charge in [0.05, 0.1) is 7.11 Å². The number of nitrogens with zero attached hydrogens (tertiary/aromatic N) is 1. The predicted molar refractivity (Wildman–Crippen MR) is 119 cm³/mol. The second-order valence-electron chi connectivity index (χ2n) is 6.61. The van der Waals surface area contributed by atoms with Gasteiger partial charge in [-0.05, 0) is 37.0 Å². The Morgan fingerprint density at radius 3 is 2.35 bits per heavy atom. The molecule has 1 unspecified atom stereocenters. The van der Waals surface area contributed by atoms with E-state index in [0.29, 0.717) is 18.3 Å². The van der Waals surface area contributed by atoms with E-state index in [2.05, 4.69) is 46.5 Å². The number of methoxy groups -OCH3 is 1. The van der Waals surface area contributed by atoms with Gasteiger partial charge < -0.3 is 15.4 Å². The quantitative estimate of drug-likeness (QED) is 0.296. The van der Waals surface area contributed by atoms with Crippen molar-refractivity contribution >= 4 is 41.7 Å². The molecule has 0 aromatic heterocycles. The minimum atomic E-state index is -0.470. The van der Waals surface area contributed by atoms with Crippen molar-refractivity contribution in [3.63, 3.8) is 0 Å². The van der Waals surface area contributed by atoms with Gasteiger partial charge in [0, 0.05) is 25.3 Å². The summed E-state index contributed by atoms with van der Waals surface area (Å²) in [7, 11) is 3.12. The van der Waals surface area contributed by atoms with Crippen LogP contribution in [-0.4, -0.2) is 32.3 Å². The van der Waals surface area contributed by atoms with Crippen LogP contribution in [-0.2, 0) is 11.3 Å². The van der Waals surface area contributed by atoms with Crippen LogP contribution in [0, 0.1) is 5.92 Å². The molecule has 0 aliphatic carbocycles. The van der Waals surface area contributed by atoms with E-state index in [4.69, 9.17) is 0 Å². The van der Waals surface area contributed by atoms with E-state index < -0.39 is 6.09 Å². The molecule has 0 saturated carbocycles. The largest absolute Gasteiger partial charge is 0.453 e. The fourth-order valence-corrected chi connectivity index (χ4v) is 2.39. The van der Waals surface area contributed by atoms with Gasteiger partial charge in [-0.3, -0.25) is 10.3 Å². The maximum absolute atomic E-state index is 11.2. The molecule has 0 aliphatic rings. The number of halogens is 1. The number of rotatable bonds is 8. The van der Waals surface area contributed by atoms with Gasteiger partial charge in [0.2, 0.25) is 0 Å². The number of carbonyl (C=O) groups is 1. The van der Waals surface area contributed by atoms with Crippen LogP contribution in [0.15, 0.2) is 29.3 Å². The van der Waals surface area contributed by atoms with Gasteiger partial charge in [0.1, 0.15) is 0 Å². The highest BCUT2D eigenvalue weighted by molar-refractivity contribution is 14.0. The highest BCUT2D eigenvalue weighted by atomic mass is 127. The van der Waals surface area contributed by atoms with Crippen LogP contribution >= 0.6 is 24.0 Å². The Labute approximate surface area is 174 Å². The summed E-state index contributed by atoms with van der Waals surface area (Å²) >= 11 is 0. The van der Waals surface area contributed by atoms with Crippen molar-refractivity contribution in [1.82, 2.24) is 10.6 Å². The molecule has 0 heterocycles. The van der Waals surface area contributed by atoms with Crippen molar-refractivity contribution in [3.8, 4) is 0 Å². The first-order valence-electron chi connectivity index (χ1n) is 8.85. The highest BCUT2D eigenvalue weighted by Gasteiger charge is 2.06. The number of amides is 1. The lowest BCUT2D eigenvalue weighted by Gasteiger charge is -2.18. The van der Waals surface area contributed by atoms with Crippen molar-refractivity contribution in [1.29, 1.82) is 0 Å². The van der Waals surface area contributed by atoms with E-state index in [1.54, 1.807) is 7.05 Å². The molecule has 7 heteroatoms. The van der Waals surface area contributed by atoms with Crippen LogP contribution in [0.4, 0.5) is 10.5 Å². The fraction of sp³-hybridized carbons (Fsp3) is 0.579. The van der Waals surface area contributed by atoms with Gasteiger partial charge in [-0.1, -0.05) is 38.8 Å². The zero-order valence-corrected chi connectivity index (χ0v) is 18.8. The number of benzene rings is 1. The number of nitrogens with one attached hydrogen (secondary N) is 3. The second kappa shape index (κ2) is 13.7. The Hall–Kier alpha value is -1.51. The molecule has 1 aromatic carbocycles. The van der Waals surface area contributed by atoms with Gasteiger partial charge in [0.25, 0.3) is 0 Å². The van der Waals surface area contributed by atoms with Gasteiger partial charge in [-0.15, -0.1) is 24.0 Å². The van der Waals surface area contributed by atoms with Crippen molar-refractivity contribution in [2.24, 2.45) is 10.9 Å². The van der Waals surface area contributed by atoms with E-state index in [1.807, 2.05) is 24.3 Å². The normalized spacial score (nSPS) is 12.2. The van der Waals surface area contributed by atoms with Gasteiger partial charge in [0.15, 0.2) is 5.96 Å². The van der Waals surface area contributed by atoms with Crippen molar-refractivity contribution in [3.05, 3.63) is 29.8 Å². The summed E-state index contributed by atoms with van der Waals surface area (Å²) < 4.78 is 4.57. The van der Waals surface area contributed by atoms with E-state index in [0.717, 1.165) is 23.9 Å². The molecule has 0 spiro atoms. The zero-order chi connectivity index (χ0) is 18.7. The SMILES string of the molecule is CN=C(NCc1ccc(NC(=O)OC)cc1)NC(C)CCCC(C)C.I. The molecular formula is C19H33IN4O2. The summed E-state index contributed by atoms with van der Waals surface area (Å²) in [6.45, 7) is 7.35. The number of carbonyl (C=O) groups excluding carboxylic acids is 1. The van der Waals surface area contributed by atoms with Crippen molar-refractivity contribution in [2.75, 3.05) is 19.5 Å². The monoisotopic (exact) mass is 476 g/mol. The third-order valence-corrected chi connectivity index (χ3v) is 3.87. The molecule has 0 aliphatic heterocycles. The Kier molecular flexibility index (Phi) is 12.9. The molecule has 0 saturated heterocycles. The van der Waals surface area contributed by atoms with Gasteiger partial charge >= 0.3 is 6.09 Å².